The molecule has 4 rings (SSSR count). The number of aromatic nitrogens is 4. The molecule has 3 heterocycles. The minimum Gasteiger partial charge on any atom is -0.375 e. The Morgan fingerprint density at radius 3 is 2.81 bits per heavy atom. The first kappa shape index (κ1) is 21.9. The molecule has 0 radical (unpaired) electrons. The predicted octanol–water partition coefficient (Wildman–Crippen LogP) is 5.03. The smallest absolute Gasteiger partial charge is 0.251 e. The van der Waals surface area contributed by atoms with Gasteiger partial charge in [0.2, 0.25) is 0 Å². The number of pyridine rings is 1. The van der Waals surface area contributed by atoms with Gasteiger partial charge in [-0.3, -0.25) is 4.79 Å². The van der Waals surface area contributed by atoms with Crippen LogP contribution in [0.4, 0.5) is 5.82 Å². The van der Waals surface area contributed by atoms with Gasteiger partial charge in [-0.1, -0.05) is 29.3 Å². The average molecular weight is 485 g/mol. The Morgan fingerprint density at radius 1 is 1.28 bits per heavy atom. The summed E-state index contributed by atoms with van der Waals surface area (Å²) in [6.45, 7) is -0.0940. The first-order valence-corrected chi connectivity index (χ1v) is 10.7. The molecular formula is C21H14Cl2N6O2S. The zero-order chi connectivity index (χ0) is 22.7. The van der Waals surface area contributed by atoms with Crippen molar-refractivity contribution < 1.29 is 9.53 Å². The van der Waals surface area contributed by atoms with Crippen LogP contribution < -0.4 is 5.32 Å². The van der Waals surface area contributed by atoms with E-state index in [-0.39, 0.29) is 12.5 Å². The van der Waals surface area contributed by atoms with Crippen LogP contribution in [0.3, 0.4) is 0 Å². The van der Waals surface area contributed by atoms with Crippen molar-refractivity contribution in [3.05, 3.63) is 58.5 Å². The predicted molar refractivity (Wildman–Crippen MR) is 124 cm³/mol. The summed E-state index contributed by atoms with van der Waals surface area (Å²) in [7, 11) is 1.43. The monoisotopic (exact) mass is 484 g/mol. The summed E-state index contributed by atoms with van der Waals surface area (Å²) < 4.78 is 4.84. The van der Waals surface area contributed by atoms with Crippen LogP contribution in [0.1, 0.15) is 5.56 Å². The van der Waals surface area contributed by atoms with Crippen LogP contribution in [-0.4, -0.2) is 39.8 Å². The number of hydrogen-bond donors (Lipinski definition) is 2. The lowest BCUT2D eigenvalue weighted by Crippen LogP contribution is -2.17. The number of rotatable bonds is 6. The van der Waals surface area contributed by atoms with Crippen molar-refractivity contribution in [1.82, 2.24) is 20.2 Å². The number of aromatic amines is 1. The van der Waals surface area contributed by atoms with E-state index in [1.165, 1.54) is 24.8 Å². The van der Waals surface area contributed by atoms with Gasteiger partial charge in [-0.15, -0.1) is 21.5 Å². The maximum atomic E-state index is 11.9. The molecule has 0 spiro atoms. The number of carbonyl (C=O) groups is 1. The molecule has 0 unspecified atom stereocenters. The largest absolute Gasteiger partial charge is 0.375 e. The number of carbonyl (C=O) groups excluding carboxylic acids is 1. The molecule has 2 N–H and O–H groups in total. The highest BCUT2D eigenvalue weighted by molar-refractivity contribution is 7.19. The molecule has 11 heteroatoms. The van der Waals surface area contributed by atoms with Gasteiger partial charge in [0.25, 0.3) is 5.91 Å². The summed E-state index contributed by atoms with van der Waals surface area (Å²) in [6.07, 6.45) is 3.02. The van der Waals surface area contributed by atoms with Gasteiger partial charge in [0.05, 0.1) is 15.3 Å². The molecule has 0 aliphatic carbocycles. The molecule has 3 aromatic heterocycles. The zero-order valence-corrected chi connectivity index (χ0v) is 18.8. The second kappa shape index (κ2) is 9.46. The number of H-pyrrole nitrogens is 1. The van der Waals surface area contributed by atoms with Gasteiger partial charge in [-0.2, -0.15) is 5.26 Å². The molecule has 0 aliphatic heterocycles. The SMILES string of the molecule is COCC(=O)Nc1cc(-c2sc(-c3nnc[nH]3)c(-c3ccc(Cl)cc3Cl)c2C#N)ccn1. The van der Waals surface area contributed by atoms with E-state index in [2.05, 4.69) is 31.6 Å². The quantitative estimate of drug-likeness (QED) is 0.396. The fourth-order valence-corrected chi connectivity index (χ4v) is 4.84. The van der Waals surface area contributed by atoms with E-state index in [0.717, 1.165) is 0 Å². The van der Waals surface area contributed by atoms with Crippen molar-refractivity contribution in [3.63, 3.8) is 0 Å². The fraction of sp³-hybridized carbons (Fsp3) is 0.0952. The number of ether oxygens (including phenoxy) is 1. The highest BCUT2D eigenvalue weighted by atomic mass is 35.5. The number of halogens is 2. The Bertz CT molecular complexity index is 1330. The van der Waals surface area contributed by atoms with Crippen LogP contribution in [0.5, 0.6) is 0 Å². The van der Waals surface area contributed by atoms with Crippen LogP contribution in [0.25, 0.3) is 32.3 Å². The molecule has 0 atom stereocenters. The summed E-state index contributed by atoms with van der Waals surface area (Å²) in [6, 6.07) is 10.8. The molecular weight excluding hydrogens is 471 g/mol. The molecule has 32 heavy (non-hydrogen) atoms. The second-order valence-electron chi connectivity index (χ2n) is 6.49. The van der Waals surface area contributed by atoms with Gasteiger partial charge in [-0.05, 0) is 29.8 Å². The van der Waals surface area contributed by atoms with Gasteiger partial charge in [0.15, 0.2) is 5.82 Å². The number of methoxy groups -OCH3 is 1. The van der Waals surface area contributed by atoms with Crippen molar-refractivity contribution in [3.8, 4) is 38.3 Å². The number of benzene rings is 1. The summed E-state index contributed by atoms with van der Waals surface area (Å²) in [5, 5.41) is 21.7. The van der Waals surface area contributed by atoms with E-state index in [4.69, 9.17) is 27.9 Å². The molecule has 0 bridgehead atoms. The maximum Gasteiger partial charge on any atom is 0.251 e. The third kappa shape index (κ3) is 4.35. The van der Waals surface area contributed by atoms with Crippen LogP contribution in [0.15, 0.2) is 42.9 Å². The van der Waals surface area contributed by atoms with Crippen molar-refractivity contribution in [2.45, 2.75) is 0 Å². The minimum absolute atomic E-state index is 0.0940. The number of amides is 1. The Morgan fingerprint density at radius 2 is 2.12 bits per heavy atom. The van der Waals surface area contributed by atoms with E-state index >= 15 is 0 Å². The molecule has 0 saturated heterocycles. The van der Waals surface area contributed by atoms with Gasteiger partial charge in [0, 0.05) is 34.5 Å². The van der Waals surface area contributed by atoms with Gasteiger partial charge in [-0.25, -0.2) is 4.98 Å². The highest BCUT2D eigenvalue weighted by Crippen LogP contribution is 2.48. The lowest BCUT2D eigenvalue weighted by molar-refractivity contribution is -0.119. The van der Waals surface area contributed by atoms with E-state index in [1.807, 2.05) is 0 Å². The third-order valence-corrected chi connectivity index (χ3v) is 6.21. The fourth-order valence-electron chi connectivity index (χ4n) is 3.12. The van der Waals surface area contributed by atoms with Crippen LogP contribution in [0, 0.1) is 11.3 Å². The van der Waals surface area contributed by atoms with Crippen molar-refractivity contribution in [2.75, 3.05) is 19.0 Å². The lowest BCUT2D eigenvalue weighted by Gasteiger charge is -2.07. The molecule has 4 aromatic rings. The standard InChI is InChI=1S/C21H14Cl2N6O2S/c1-31-9-17(30)28-16-6-11(4-5-25-16)19-14(8-24)18(13-3-2-12(22)7-15(13)23)20(32-19)21-26-10-27-29-21/h2-7,10H,9H2,1H3,(H,25,28,30)(H,26,27,29). The number of nitrogens with one attached hydrogen (secondary N) is 2. The third-order valence-electron chi connectivity index (χ3n) is 4.42. The van der Waals surface area contributed by atoms with E-state index in [0.29, 0.717) is 53.7 Å². The van der Waals surface area contributed by atoms with Gasteiger partial charge < -0.3 is 15.0 Å². The summed E-state index contributed by atoms with van der Waals surface area (Å²) >= 11 is 13.9. The van der Waals surface area contributed by atoms with Crippen LogP contribution in [0.2, 0.25) is 10.0 Å². The average Bonchev–Trinajstić information content (AvgIpc) is 3.42. The van der Waals surface area contributed by atoms with Crippen molar-refractivity contribution in [1.29, 1.82) is 5.26 Å². The maximum absolute atomic E-state index is 11.9. The molecule has 8 nitrogen and oxygen atoms in total. The van der Waals surface area contributed by atoms with Crippen LogP contribution >= 0.6 is 34.5 Å². The van der Waals surface area contributed by atoms with E-state index in [1.54, 1.807) is 36.5 Å². The second-order valence-corrected chi connectivity index (χ2v) is 8.36. The number of anilines is 1. The normalized spacial score (nSPS) is 10.7. The Kier molecular flexibility index (Phi) is 6.48. The molecule has 0 aliphatic rings. The number of nitrogens with zero attached hydrogens (tertiary/aromatic N) is 4. The number of thiophene rings is 1. The molecule has 1 amide bonds. The number of hydrogen-bond acceptors (Lipinski definition) is 7. The topological polar surface area (TPSA) is 117 Å². The zero-order valence-electron chi connectivity index (χ0n) is 16.5. The van der Waals surface area contributed by atoms with Gasteiger partial charge in [0.1, 0.15) is 24.8 Å². The van der Waals surface area contributed by atoms with Crippen molar-refractivity contribution in [2.24, 2.45) is 0 Å². The molecule has 1 aromatic carbocycles. The van der Waals surface area contributed by atoms with E-state index < -0.39 is 0 Å². The first-order chi connectivity index (χ1) is 15.5. The van der Waals surface area contributed by atoms with Crippen LogP contribution in [-0.2, 0) is 9.53 Å². The Labute approximate surface area is 196 Å². The molecule has 160 valence electrons. The van der Waals surface area contributed by atoms with Crippen molar-refractivity contribution >= 4 is 46.3 Å². The Balaban J connectivity index is 1.90. The summed E-state index contributed by atoms with van der Waals surface area (Å²) in [5.74, 6) is 0.510. The van der Waals surface area contributed by atoms with Gasteiger partial charge >= 0.3 is 0 Å². The van der Waals surface area contributed by atoms with E-state index in [9.17, 15) is 10.1 Å². The summed E-state index contributed by atoms with van der Waals surface area (Å²) in [4.78, 5) is 20.4. The minimum atomic E-state index is -0.333. The molecule has 0 fully saturated rings. The Hall–Kier alpha value is -3.29. The number of nitriles is 1. The molecule has 0 saturated carbocycles. The highest BCUT2D eigenvalue weighted by Gasteiger charge is 2.25. The first-order valence-electron chi connectivity index (χ1n) is 9.15. The summed E-state index contributed by atoms with van der Waals surface area (Å²) in [5.41, 5.74) is 2.37. The lowest BCUT2D eigenvalue weighted by atomic mass is 9.98.